The number of ether oxygens (including phenoxy) is 1. The maximum atomic E-state index is 10.7. The fraction of sp³-hybridized carbons (Fsp3) is 0.143. The van der Waals surface area contributed by atoms with Crippen molar-refractivity contribution in [3.63, 3.8) is 0 Å². The predicted octanol–water partition coefficient (Wildman–Crippen LogP) is 1.03. The molecular weight excluding hydrogens is 130 g/mol. The van der Waals surface area contributed by atoms with Crippen LogP contribution < -0.4 is 0 Å². The van der Waals surface area contributed by atoms with Crippen LogP contribution in [-0.2, 0) is 9.53 Å². The van der Waals surface area contributed by atoms with Gasteiger partial charge < -0.3 is 4.74 Å². The molecular formula is C7H7NO2. The lowest BCUT2D eigenvalue weighted by molar-refractivity contribution is -0.130. The molecule has 52 valence electrons. The van der Waals surface area contributed by atoms with Gasteiger partial charge in [0, 0.05) is 6.92 Å². The second-order valence-electron chi connectivity index (χ2n) is 1.81. The molecule has 3 nitrogen and oxygen atoms in total. The number of cyclic esters (lactones) is 1. The van der Waals surface area contributed by atoms with Crippen molar-refractivity contribution in [3.8, 4) is 0 Å². The van der Waals surface area contributed by atoms with E-state index < -0.39 is 5.97 Å². The van der Waals surface area contributed by atoms with Gasteiger partial charge in [0.1, 0.15) is 0 Å². The minimum absolute atomic E-state index is 0.313. The van der Waals surface area contributed by atoms with Gasteiger partial charge in [0.2, 0.25) is 0 Å². The predicted molar refractivity (Wildman–Crippen MR) is 37.5 cm³/mol. The van der Waals surface area contributed by atoms with E-state index in [2.05, 4.69) is 16.3 Å². The molecule has 1 rings (SSSR count). The summed E-state index contributed by atoms with van der Waals surface area (Å²) < 4.78 is 4.62. The monoisotopic (exact) mass is 137 g/mol. The zero-order valence-corrected chi connectivity index (χ0v) is 5.63. The molecule has 0 bridgehead atoms. The van der Waals surface area contributed by atoms with Gasteiger partial charge in [0.05, 0.1) is 0 Å². The van der Waals surface area contributed by atoms with Crippen LogP contribution in [0.1, 0.15) is 6.92 Å². The highest BCUT2D eigenvalue weighted by Gasteiger charge is 2.18. The minimum Gasteiger partial charge on any atom is -0.407 e. The molecule has 0 unspecified atom stereocenters. The Morgan fingerprint density at radius 2 is 2.40 bits per heavy atom. The Hall–Kier alpha value is -1.38. The molecule has 1 aliphatic heterocycles. The Morgan fingerprint density at radius 3 is 2.80 bits per heavy atom. The largest absolute Gasteiger partial charge is 0.407 e. The number of hydrogen-bond acceptors (Lipinski definition) is 3. The van der Waals surface area contributed by atoms with Crippen LogP contribution in [-0.4, -0.2) is 11.9 Å². The molecule has 0 fully saturated rings. The van der Waals surface area contributed by atoms with Crippen LogP contribution in [0.2, 0.25) is 0 Å². The van der Waals surface area contributed by atoms with Crippen LogP contribution in [0.4, 0.5) is 0 Å². The van der Waals surface area contributed by atoms with Gasteiger partial charge in [-0.25, -0.2) is 9.79 Å². The summed E-state index contributed by atoms with van der Waals surface area (Å²) in [6.07, 6.45) is 3.01. The highest BCUT2D eigenvalue weighted by Crippen LogP contribution is 2.09. The highest BCUT2D eigenvalue weighted by molar-refractivity contribution is 6.03. The van der Waals surface area contributed by atoms with E-state index in [9.17, 15) is 4.79 Å². The van der Waals surface area contributed by atoms with Gasteiger partial charge in [-0.15, -0.1) is 0 Å². The molecule has 1 aliphatic rings. The SMILES string of the molecule is C=CC=C1N=C(C)OC1=O. The average molecular weight is 137 g/mol. The zero-order chi connectivity index (χ0) is 7.56. The van der Waals surface area contributed by atoms with Crippen LogP contribution in [0.3, 0.4) is 0 Å². The second-order valence-corrected chi connectivity index (χ2v) is 1.81. The van der Waals surface area contributed by atoms with E-state index in [1.165, 1.54) is 12.2 Å². The summed E-state index contributed by atoms with van der Waals surface area (Å²) in [6, 6.07) is 0. The van der Waals surface area contributed by atoms with Crippen molar-refractivity contribution in [2.24, 2.45) is 4.99 Å². The van der Waals surface area contributed by atoms with Gasteiger partial charge in [0.25, 0.3) is 0 Å². The number of aliphatic imine (C=N–C) groups is 1. The van der Waals surface area contributed by atoms with Gasteiger partial charge in [-0.05, 0) is 6.08 Å². The van der Waals surface area contributed by atoms with Crippen LogP contribution in [0.5, 0.6) is 0 Å². The summed E-state index contributed by atoms with van der Waals surface area (Å²) in [7, 11) is 0. The number of carbonyl (C=O) groups excluding carboxylic acids is 1. The first-order valence-corrected chi connectivity index (χ1v) is 2.84. The smallest absolute Gasteiger partial charge is 0.363 e. The maximum absolute atomic E-state index is 10.7. The van der Waals surface area contributed by atoms with E-state index >= 15 is 0 Å². The first-order valence-electron chi connectivity index (χ1n) is 2.84. The van der Waals surface area contributed by atoms with Crippen molar-refractivity contribution in [2.45, 2.75) is 6.92 Å². The van der Waals surface area contributed by atoms with Gasteiger partial charge in [0.15, 0.2) is 11.6 Å². The van der Waals surface area contributed by atoms with Crippen molar-refractivity contribution in [2.75, 3.05) is 0 Å². The Morgan fingerprint density at radius 1 is 1.70 bits per heavy atom. The fourth-order valence-electron chi connectivity index (χ4n) is 0.641. The second kappa shape index (κ2) is 2.47. The summed E-state index contributed by atoms with van der Waals surface area (Å²) in [6.45, 7) is 5.06. The van der Waals surface area contributed by atoms with E-state index in [1.807, 2.05) is 0 Å². The van der Waals surface area contributed by atoms with Crippen LogP contribution in [0.25, 0.3) is 0 Å². The zero-order valence-electron chi connectivity index (χ0n) is 5.63. The van der Waals surface area contributed by atoms with Gasteiger partial charge in [-0.3, -0.25) is 0 Å². The molecule has 3 heteroatoms. The minimum atomic E-state index is -0.405. The van der Waals surface area contributed by atoms with Gasteiger partial charge in [-0.2, -0.15) is 0 Å². The van der Waals surface area contributed by atoms with E-state index in [0.717, 1.165) is 0 Å². The summed E-state index contributed by atoms with van der Waals surface area (Å²) in [4.78, 5) is 14.5. The third-order valence-electron chi connectivity index (χ3n) is 1.00. The summed E-state index contributed by atoms with van der Waals surface area (Å²) >= 11 is 0. The number of nitrogens with zero attached hydrogens (tertiary/aromatic N) is 1. The van der Waals surface area contributed by atoms with E-state index in [4.69, 9.17) is 0 Å². The number of carbonyl (C=O) groups is 1. The number of esters is 1. The third-order valence-corrected chi connectivity index (χ3v) is 1.00. The summed E-state index contributed by atoms with van der Waals surface area (Å²) in [5.41, 5.74) is 0.313. The van der Waals surface area contributed by atoms with Crippen LogP contribution in [0, 0.1) is 0 Å². The molecule has 0 aromatic carbocycles. The summed E-state index contributed by atoms with van der Waals surface area (Å²) in [5, 5.41) is 0. The molecule has 0 radical (unpaired) electrons. The molecule has 0 saturated heterocycles. The Balaban J connectivity index is 2.89. The molecule has 0 spiro atoms. The molecule has 0 atom stereocenters. The molecule has 0 aromatic heterocycles. The third kappa shape index (κ3) is 1.13. The number of allylic oxidation sites excluding steroid dienone is 2. The van der Waals surface area contributed by atoms with Gasteiger partial charge in [-0.1, -0.05) is 12.7 Å². The van der Waals surface area contributed by atoms with Crippen LogP contribution >= 0.6 is 0 Å². The van der Waals surface area contributed by atoms with E-state index in [-0.39, 0.29) is 0 Å². The maximum Gasteiger partial charge on any atom is 0.363 e. The number of hydrogen-bond donors (Lipinski definition) is 0. The molecule has 0 aliphatic carbocycles. The normalized spacial score (nSPS) is 20.7. The first kappa shape index (κ1) is 6.74. The van der Waals surface area contributed by atoms with Crippen LogP contribution in [0.15, 0.2) is 29.4 Å². The average Bonchev–Trinajstić information content (AvgIpc) is 2.13. The lowest BCUT2D eigenvalue weighted by Crippen LogP contribution is -1.99. The number of rotatable bonds is 1. The van der Waals surface area contributed by atoms with Gasteiger partial charge >= 0.3 is 5.97 Å². The molecule has 0 saturated carbocycles. The van der Waals surface area contributed by atoms with Crippen molar-refractivity contribution in [3.05, 3.63) is 24.4 Å². The quantitative estimate of drug-likeness (QED) is 0.400. The van der Waals surface area contributed by atoms with E-state index in [0.29, 0.717) is 11.6 Å². The van der Waals surface area contributed by atoms with Crippen molar-refractivity contribution in [1.82, 2.24) is 0 Å². The lowest BCUT2D eigenvalue weighted by Gasteiger charge is -1.85. The van der Waals surface area contributed by atoms with Crippen molar-refractivity contribution < 1.29 is 9.53 Å². The van der Waals surface area contributed by atoms with Crippen molar-refractivity contribution in [1.29, 1.82) is 0 Å². The fourth-order valence-corrected chi connectivity index (χ4v) is 0.641. The molecule has 0 aromatic rings. The summed E-state index contributed by atoms with van der Waals surface area (Å²) in [5.74, 6) is -0.0181. The Bertz CT molecular complexity index is 238. The first-order chi connectivity index (χ1) is 4.74. The highest BCUT2D eigenvalue weighted by atomic mass is 16.6. The Labute approximate surface area is 58.7 Å². The molecule has 0 amide bonds. The topological polar surface area (TPSA) is 38.7 Å². The van der Waals surface area contributed by atoms with Crippen molar-refractivity contribution >= 4 is 11.9 Å². The molecule has 1 heterocycles. The van der Waals surface area contributed by atoms with E-state index in [1.54, 1.807) is 6.92 Å². The Kier molecular flexibility index (Phi) is 1.67. The standard InChI is InChI=1S/C7H7NO2/c1-3-4-6-7(9)10-5(2)8-6/h3-4H,1H2,2H3. The molecule has 0 N–H and O–H groups in total. The molecule has 10 heavy (non-hydrogen) atoms. The lowest BCUT2D eigenvalue weighted by atomic mass is 10.4.